The van der Waals surface area contributed by atoms with Gasteiger partial charge in [-0.2, -0.15) is 0 Å². The van der Waals surface area contributed by atoms with Gasteiger partial charge in [0.1, 0.15) is 11.7 Å². The van der Waals surface area contributed by atoms with E-state index in [0.717, 1.165) is 37.0 Å². The smallest absolute Gasteiger partial charge is 0.328 e. The minimum absolute atomic E-state index is 0.163. The van der Waals surface area contributed by atoms with Gasteiger partial charge in [-0.15, -0.1) is 0 Å². The molecule has 0 aromatic heterocycles. The third-order valence-corrected chi connectivity index (χ3v) is 8.77. The summed E-state index contributed by atoms with van der Waals surface area (Å²) in [6.45, 7) is 9.46. The fraction of sp³-hybridized carbons (Fsp3) is 0.611. The first-order valence-corrected chi connectivity index (χ1v) is 16.4. The maximum absolute atomic E-state index is 12.8. The van der Waals surface area contributed by atoms with E-state index in [1.165, 1.54) is 6.08 Å². The Morgan fingerprint density at radius 1 is 0.936 bits per heavy atom. The van der Waals surface area contributed by atoms with E-state index in [0.29, 0.717) is 37.7 Å². The van der Waals surface area contributed by atoms with Gasteiger partial charge < -0.3 is 34.6 Å². The van der Waals surface area contributed by atoms with Crippen molar-refractivity contribution < 1.29 is 53.8 Å². The van der Waals surface area contributed by atoms with E-state index in [-0.39, 0.29) is 30.8 Å². The third-order valence-electron chi connectivity index (χ3n) is 8.77. The Balaban J connectivity index is 2.28. The number of carboxylic acid groups (broad SMARTS) is 3. The molecule has 1 unspecified atom stereocenters. The molecule has 0 aromatic carbocycles. The number of aliphatic hydroxyl groups is 1. The van der Waals surface area contributed by atoms with Crippen molar-refractivity contribution in [3.8, 4) is 0 Å². The van der Waals surface area contributed by atoms with Crippen molar-refractivity contribution in [2.75, 3.05) is 0 Å². The average Bonchev–Trinajstić information content (AvgIpc) is 3.37. The van der Waals surface area contributed by atoms with E-state index in [1.807, 2.05) is 19.9 Å². The van der Waals surface area contributed by atoms with Gasteiger partial charge in [0, 0.05) is 30.9 Å². The molecule has 1 spiro atoms. The number of allylic oxidation sites excluding steroid dienone is 4. The Morgan fingerprint density at radius 2 is 1.64 bits per heavy atom. The SMILES string of the molecule is CCCC[C@]1(C(/C=C/C(C)=C/C(=O)O)OC(=O)CCC(=O)O)CC[C@]2(CC[C@H](C)[C@@H](C/C=C(C)/C=C/[C@H](O)[C@@H](C)/C=C/C(=O)O)O2)O1. The van der Waals surface area contributed by atoms with Crippen LogP contribution in [0.4, 0.5) is 0 Å². The molecule has 0 radical (unpaired) electrons. The molecule has 11 nitrogen and oxygen atoms in total. The van der Waals surface area contributed by atoms with Gasteiger partial charge in [-0.25, -0.2) is 9.59 Å². The zero-order valence-corrected chi connectivity index (χ0v) is 28.2. The second kappa shape index (κ2) is 18.7. The van der Waals surface area contributed by atoms with Crippen molar-refractivity contribution in [3.63, 3.8) is 0 Å². The lowest BCUT2D eigenvalue weighted by molar-refractivity contribution is -0.308. The fourth-order valence-corrected chi connectivity index (χ4v) is 5.85. The Hall–Kier alpha value is -3.54. The van der Waals surface area contributed by atoms with E-state index in [4.69, 9.17) is 29.5 Å². The molecule has 2 fully saturated rings. The van der Waals surface area contributed by atoms with Crippen LogP contribution in [0.15, 0.2) is 59.8 Å². The molecule has 0 bridgehead atoms. The minimum Gasteiger partial charge on any atom is -0.481 e. The molecule has 0 aliphatic carbocycles. The molecule has 2 heterocycles. The van der Waals surface area contributed by atoms with Crippen LogP contribution >= 0.6 is 0 Å². The average molecular weight is 661 g/mol. The first-order valence-electron chi connectivity index (χ1n) is 16.4. The largest absolute Gasteiger partial charge is 0.481 e. The topological polar surface area (TPSA) is 177 Å². The summed E-state index contributed by atoms with van der Waals surface area (Å²) in [4.78, 5) is 45.8. The van der Waals surface area contributed by atoms with Gasteiger partial charge in [0.05, 0.1) is 25.0 Å². The Bertz CT molecular complexity index is 1250. The van der Waals surface area contributed by atoms with Crippen LogP contribution in [-0.2, 0) is 33.4 Å². The van der Waals surface area contributed by atoms with Crippen LogP contribution in [-0.4, -0.2) is 74.0 Å². The van der Waals surface area contributed by atoms with Crippen LogP contribution in [0.3, 0.4) is 0 Å². The van der Waals surface area contributed by atoms with Gasteiger partial charge in [-0.3, -0.25) is 9.59 Å². The summed E-state index contributed by atoms with van der Waals surface area (Å²) in [7, 11) is 0. The molecule has 2 saturated heterocycles. The van der Waals surface area contributed by atoms with E-state index >= 15 is 0 Å². The predicted octanol–water partition coefficient (Wildman–Crippen LogP) is 6.13. The number of unbranched alkanes of at least 4 members (excludes halogenated alkanes) is 1. The highest BCUT2D eigenvalue weighted by Gasteiger charge is 2.56. The lowest BCUT2D eigenvalue weighted by Crippen LogP contribution is -2.50. The van der Waals surface area contributed by atoms with Crippen molar-refractivity contribution in [2.45, 2.75) is 129 Å². The number of ether oxygens (including phenoxy) is 3. The van der Waals surface area contributed by atoms with Gasteiger partial charge in [-0.05, 0) is 57.1 Å². The number of carbonyl (C=O) groups excluding carboxylic acids is 1. The van der Waals surface area contributed by atoms with E-state index < -0.39 is 47.5 Å². The van der Waals surface area contributed by atoms with Crippen molar-refractivity contribution >= 4 is 23.9 Å². The van der Waals surface area contributed by atoms with E-state index in [2.05, 4.69) is 6.92 Å². The molecular weight excluding hydrogens is 608 g/mol. The van der Waals surface area contributed by atoms with Gasteiger partial charge in [0.15, 0.2) is 5.79 Å². The molecule has 4 N–H and O–H groups in total. The fourth-order valence-electron chi connectivity index (χ4n) is 5.85. The highest BCUT2D eigenvalue weighted by Crippen LogP contribution is 2.50. The highest BCUT2D eigenvalue weighted by molar-refractivity contribution is 5.81. The van der Waals surface area contributed by atoms with Gasteiger partial charge in [0.25, 0.3) is 0 Å². The number of hydrogen-bond donors (Lipinski definition) is 4. The second-order valence-electron chi connectivity index (χ2n) is 12.8. The maximum Gasteiger partial charge on any atom is 0.328 e. The van der Waals surface area contributed by atoms with Crippen molar-refractivity contribution in [2.24, 2.45) is 11.8 Å². The summed E-state index contributed by atoms with van der Waals surface area (Å²) in [5, 5.41) is 37.4. The summed E-state index contributed by atoms with van der Waals surface area (Å²) in [6.07, 6.45) is 15.0. The van der Waals surface area contributed by atoms with E-state index in [9.17, 15) is 24.3 Å². The number of esters is 1. The van der Waals surface area contributed by atoms with E-state index in [1.54, 1.807) is 38.2 Å². The Labute approximate surface area is 277 Å². The number of rotatable bonds is 18. The summed E-state index contributed by atoms with van der Waals surface area (Å²) in [5.41, 5.74) is 0.415. The van der Waals surface area contributed by atoms with Crippen LogP contribution in [0.25, 0.3) is 0 Å². The zero-order chi connectivity index (χ0) is 35.2. The summed E-state index contributed by atoms with van der Waals surface area (Å²) in [5.74, 6) is -4.99. The summed E-state index contributed by atoms with van der Waals surface area (Å²) in [6, 6.07) is 0. The lowest BCUT2D eigenvalue weighted by Gasteiger charge is -2.44. The zero-order valence-electron chi connectivity index (χ0n) is 28.2. The predicted molar refractivity (Wildman–Crippen MR) is 175 cm³/mol. The number of carboxylic acids is 3. The summed E-state index contributed by atoms with van der Waals surface area (Å²) < 4.78 is 19.5. The summed E-state index contributed by atoms with van der Waals surface area (Å²) >= 11 is 0. The quantitative estimate of drug-likeness (QED) is 0.0755. The standard InChI is InChI=1S/C36H52O11/c1-6-7-19-35(30(14-10-25(3)23-33(42)43)45-34(44)17-16-32(40)41)21-22-36(47-35)20-18-27(5)29(46-36)13-9-24(2)8-12-28(37)26(4)11-15-31(38)39/h8-12,14-15,23,26-30,37H,6-7,13,16-22H2,1-5H3,(H,38,39)(H,40,41)(H,42,43)/b12-8+,14-10+,15-11+,24-9+,25-23+/t26-,27-,28-,29+,30?,35+,36-/m0/s1. The lowest BCUT2D eigenvalue weighted by atomic mass is 9.85. The first-order chi connectivity index (χ1) is 22.1. The minimum atomic E-state index is -1.11. The number of carbonyl (C=O) groups is 4. The molecule has 11 heteroatoms. The molecule has 7 atom stereocenters. The number of aliphatic carboxylic acids is 3. The second-order valence-corrected chi connectivity index (χ2v) is 12.8. The highest BCUT2D eigenvalue weighted by atomic mass is 16.7. The van der Waals surface area contributed by atoms with Gasteiger partial charge in [0.2, 0.25) is 0 Å². The first kappa shape index (κ1) is 39.6. The molecule has 2 rings (SSSR count). The van der Waals surface area contributed by atoms with Crippen LogP contribution in [0.2, 0.25) is 0 Å². The van der Waals surface area contributed by atoms with Crippen LogP contribution < -0.4 is 0 Å². The number of hydrogen-bond acceptors (Lipinski definition) is 8. The Morgan fingerprint density at radius 3 is 2.28 bits per heavy atom. The van der Waals surface area contributed by atoms with Crippen molar-refractivity contribution in [3.05, 3.63) is 59.8 Å². The molecule has 47 heavy (non-hydrogen) atoms. The van der Waals surface area contributed by atoms with Crippen molar-refractivity contribution in [1.29, 1.82) is 0 Å². The number of aliphatic hydroxyl groups excluding tert-OH is 1. The molecule has 0 aromatic rings. The third kappa shape index (κ3) is 13.2. The normalized spacial score (nSPS) is 27.4. The van der Waals surface area contributed by atoms with Crippen LogP contribution in [0, 0.1) is 11.8 Å². The monoisotopic (exact) mass is 660 g/mol. The van der Waals surface area contributed by atoms with Crippen molar-refractivity contribution in [1.82, 2.24) is 0 Å². The molecule has 0 amide bonds. The van der Waals surface area contributed by atoms with Gasteiger partial charge in [-0.1, -0.05) is 69.6 Å². The maximum atomic E-state index is 12.8. The molecule has 2 aliphatic rings. The molecule has 262 valence electrons. The molecule has 2 aliphatic heterocycles. The molecular formula is C36H52O11. The van der Waals surface area contributed by atoms with Gasteiger partial charge >= 0.3 is 23.9 Å². The van der Waals surface area contributed by atoms with Crippen LogP contribution in [0.1, 0.15) is 98.8 Å². The van der Waals surface area contributed by atoms with Crippen LogP contribution in [0.5, 0.6) is 0 Å². The Kier molecular flexibility index (Phi) is 15.8. The molecule has 0 saturated carbocycles.